The van der Waals surface area contributed by atoms with E-state index >= 15 is 0 Å². The molecule has 7 heteroatoms. The fraction of sp³-hybridized carbons (Fsp3) is 0.286. The Morgan fingerprint density at radius 2 is 1.93 bits per heavy atom. The Morgan fingerprint density at radius 3 is 2.82 bits per heavy atom. The maximum Gasteiger partial charge on any atom is 0.254 e. The van der Waals surface area contributed by atoms with Crippen LogP contribution in [-0.2, 0) is 0 Å². The van der Waals surface area contributed by atoms with Gasteiger partial charge in [-0.15, -0.1) is 0 Å². The molecule has 3 aromatic heterocycles. The zero-order valence-corrected chi connectivity index (χ0v) is 15.4. The molecule has 0 unspecified atom stereocenters. The van der Waals surface area contributed by atoms with Gasteiger partial charge in [0.2, 0.25) is 0 Å². The molecule has 6 rings (SSSR count). The van der Waals surface area contributed by atoms with E-state index in [2.05, 4.69) is 29.7 Å². The Balaban J connectivity index is 1.30. The van der Waals surface area contributed by atoms with E-state index in [4.69, 9.17) is 0 Å². The first-order valence-corrected chi connectivity index (χ1v) is 9.66. The molecule has 1 aliphatic carbocycles. The summed E-state index contributed by atoms with van der Waals surface area (Å²) in [7, 11) is 0. The fourth-order valence-corrected chi connectivity index (χ4v) is 4.50. The minimum atomic E-state index is -0.0734. The van der Waals surface area contributed by atoms with Gasteiger partial charge in [0.25, 0.3) is 5.91 Å². The zero-order valence-electron chi connectivity index (χ0n) is 15.4. The van der Waals surface area contributed by atoms with E-state index in [9.17, 15) is 4.79 Å². The maximum atomic E-state index is 13.3. The van der Waals surface area contributed by atoms with Crippen molar-refractivity contribution >= 4 is 33.7 Å². The number of anilines is 1. The predicted octanol–water partition coefficient (Wildman–Crippen LogP) is 2.93. The highest BCUT2D eigenvalue weighted by Gasteiger charge is 2.53. The molecule has 4 heterocycles. The lowest BCUT2D eigenvalue weighted by Gasteiger charge is -2.43. The number of amides is 1. The third kappa shape index (κ3) is 2.25. The molecule has 1 aliphatic heterocycles. The van der Waals surface area contributed by atoms with Gasteiger partial charge in [-0.2, -0.15) is 0 Å². The first-order valence-electron chi connectivity index (χ1n) is 9.66. The number of carbonyl (C=O) groups excluding carboxylic acids is 1. The van der Waals surface area contributed by atoms with Gasteiger partial charge in [-0.05, 0) is 43.2 Å². The van der Waals surface area contributed by atoms with Gasteiger partial charge in [0.05, 0.1) is 10.9 Å². The first kappa shape index (κ1) is 15.7. The molecule has 7 nitrogen and oxygen atoms in total. The molecule has 0 atom stereocenters. The van der Waals surface area contributed by atoms with Crippen molar-refractivity contribution in [3.05, 3.63) is 54.6 Å². The number of aromatic nitrogens is 4. The third-order valence-electron chi connectivity index (χ3n) is 6.16. The summed E-state index contributed by atoms with van der Waals surface area (Å²) >= 11 is 0. The fourth-order valence-electron chi connectivity index (χ4n) is 4.50. The van der Waals surface area contributed by atoms with E-state index in [1.54, 1.807) is 6.33 Å². The van der Waals surface area contributed by atoms with Crippen molar-refractivity contribution in [2.45, 2.75) is 18.4 Å². The number of nitrogens with zero attached hydrogens (tertiary/aromatic N) is 4. The van der Waals surface area contributed by atoms with Crippen molar-refractivity contribution in [3.8, 4) is 0 Å². The lowest BCUT2D eigenvalue weighted by Crippen LogP contribution is -2.57. The average molecular weight is 372 g/mol. The van der Waals surface area contributed by atoms with Crippen LogP contribution in [0.25, 0.3) is 21.9 Å². The van der Waals surface area contributed by atoms with Crippen LogP contribution in [0.4, 0.5) is 5.82 Å². The molecule has 1 saturated carbocycles. The molecule has 28 heavy (non-hydrogen) atoms. The quantitative estimate of drug-likeness (QED) is 0.567. The number of rotatable bonds is 2. The first-order chi connectivity index (χ1) is 13.7. The minimum Gasteiger partial charge on any atom is -0.361 e. The Bertz CT molecular complexity index is 1200. The Labute approximate surface area is 161 Å². The highest BCUT2D eigenvalue weighted by molar-refractivity contribution is 5.99. The summed E-state index contributed by atoms with van der Waals surface area (Å²) in [6.45, 7) is 2.31. The normalized spacial score (nSPS) is 18.3. The van der Waals surface area contributed by atoms with Crippen LogP contribution < -0.4 is 4.90 Å². The van der Waals surface area contributed by atoms with Gasteiger partial charge in [-0.3, -0.25) is 4.79 Å². The SMILES string of the molecule is O=C(c1ccc2[nH]ccc2c1)N1CCN(c2ncnc3[nH]ccc23)CC12CC2. The number of hydrogen-bond donors (Lipinski definition) is 2. The molecule has 1 amide bonds. The van der Waals surface area contributed by atoms with Crippen molar-refractivity contribution in [1.29, 1.82) is 0 Å². The molecular formula is C21H20N6O. The van der Waals surface area contributed by atoms with Gasteiger partial charge < -0.3 is 19.8 Å². The number of fused-ring (bicyclic) bond motifs is 2. The number of H-pyrrole nitrogens is 2. The minimum absolute atomic E-state index is 0.0734. The molecule has 1 aromatic carbocycles. The van der Waals surface area contributed by atoms with Crippen molar-refractivity contribution in [2.75, 3.05) is 24.5 Å². The third-order valence-corrected chi connectivity index (χ3v) is 6.16. The van der Waals surface area contributed by atoms with Gasteiger partial charge in [0.15, 0.2) is 0 Å². The van der Waals surface area contributed by atoms with Crippen LogP contribution in [0.1, 0.15) is 23.2 Å². The van der Waals surface area contributed by atoms with E-state index in [0.29, 0.717) is 6.54 Å². The summed E-state index contributed by atoms with van der Waals surface area (Å²) in [6.07, 6.45) is 7.50. The zero-order chi connectivity index (χ0) is 18.7. The van der Waals surface area contributed by atoms with E-state index < -0.39 is 0 Å². The molecule has 2 N–H and O–H groups in total. The lowest BCUT2D eigenvalue weighted by atomic mass is 10.1. The van der Waals surface area contributed by atoms with Crippen molar-refractivity contribution in [1.82, 2.24) is 24.8 Å². The summed E-state index contributed by atoms with van der Waals surface area (Å²) < 4.78 is 0. The largest absolute Gasteiger partial charge is 0.361 e. The number of nitrogens with one attached hydrogen (secondary N) is 2. The van der Waals surface area contributed by atoms with Crippen molar-refractivity contribution < 1.29 is 4.79 Å². The second kappa shape index (κ2) is 5.58. The molecular weight excluding hydrogens is 352 g/mol. The predicted molar refractivity (Wildman–Crippen MR) is 107 cm³/mol. The van der Waals surface area contributed by atoms with E-state index in [-0.39, 0.29) is 11.4 Å². The molecule has 140 valence electrons. The van der Waals surface area contributed by atoms with Crippen LogP contribution in [0.5, 0.6) is 0 Å². The summed E-state index contributed by atoms with van der Waals surface area (Å²) in [5.41, 5.74) is 2.60. The number of piperazine rings is 1. The molecule has 2 aliphatic rings. The number of aromatic amines is 2. The Kier molecular flexibility index (Phi) is 3.12. The topological polar surface area (TPSA) is 80.9 Å². The molecule has 2 fully saturated rings. The maximum absolute atomic E-state index is 13.3. The molecule has 1 spiro atoms. The van der Waals surface area contributed by atoms with Gasteiger partial charge in [0.1, 0.15) is 17.8 Å². The number of hydrogen-bond acceptors (Lipinski definition) is 4. The van der Waals surface area contributed by atoms with Gasteiger partial charge in [0, 0.05) is 48.5 Å². The van der Waals surface area contributed by atoms with Crippen LogP contribution in [0.3, 0.4) is 0 Å². The van der Waals surface area contributed by atoms with Crippen LogP contribution in [0, 0.1) is 0 Å². The monoisotopic (exact) mass is 372 g/mol. The highest BCUT2D eigenvalue weighted by Crippen LogP contribution is 2.46. The average Bonchev–Trinajstić information content (AvgIpc) is 3.13. The summed E-state index contributed by atoms with van der Waals surface area (Å²) in [5, 5.41) is 2.11. The Hall–Kier alpha value is -3.35. The van der Waals surface area contributed by atoms with Crippen LogP contribution in [0.15, 0.2) is 49.1 Å². The van der Waals surface area contributed by atoms with Crippen LogP contribution in [-0.4, -0.2) is 55.9 Å². The lowest BCUT2D eigenvalue weighted by molar-refractivity contribution is 0.0624. The van der Waals surface area contributed by atoms with E-state index in [0.717, 1.165) is 59.2 Å². The smallest absolute Gasteiger partial charge is 0.254 e. The number of carbonyl (C=O) groups is 1. The van der Waals surface area contributed by atoms with E-state index in [1.807, 2.05) is 42.7 Å². The Morgan fingerprint density at radius 1 is 1.04 bits per heavy atom. The highest BCUT2D eigenvalue weighted by atomic mass is 16.2. The molecule has 4 aromatic rings. The van der Waals surface area contributed by atoms with Gasteiger partial charge in [-0.25, -0.2) is 9.97 Å². The van der Waals surface area contributed by atoms with Gasteiger partial charge >= 0.3 is 0 Å². The van der Waals surface area contributed by atoms with Gasteiger partial charge in [-0.1, -0.05) is 0 Å². The molecule has 0 radical (unpaired) electrons. The summed E-state index contributed by atoms with van der Waals surface area (Å²) in [5.74, 6) is 1.09. The van der Waals surface area contributed by atoms with Crippen LogP contribution in [0.2, 0.25) is 0 Å². The standard InChI is InChI=1S/C21H20N6O/c28-20(15-1-2-17-14(11-15)3-7-22-17)27-10-9-26(12-21(27)5-6-21)19-16-4-8-23-18(16)24-13-25-19/h1-4,7-8,11,13,22H,5-6,9-10,12H2,(H,23,24,25). The van der Waals surface area contributed by atoms with Crippen LogP contribution >= 0.6 is 0 Å². The second-order valence-corrected chi connectivity index (χ2v) is 7.82. The molecule has 0 bridgehead atoms. The summed E-state index contributed by atoms with van der Waals surface area (Å²) in [4.78, 5) is 32.9. The molecule has 1 saturated heterocycles. The second-order valence-electron chi connectivity index (χ2n) is 7.82. The van der Waals surface area contributed by atoms with Crippen molar-refractivity contribution in [3.63, 3.8) is 0 Å². The number of benzene rings is 1. The van der Waals surface area contributed by atoms with Crippen molar-refractivity contribution in [2.24, 2.45) is 0 Å². The summed E-state index contributed by atoms with van der Waals surface area (Å²) in [6, 6.07) is 9.94. The van der Waals surface area contributed by atoms with E-state index in [1.165, 1.54) is 0 Å².